The van der Waals surface area contributed by atoms with E-state index in [1.165, 1.54) is 45.2 Å². The highest BCUT2D eigenvalue weighted by Crippen LogP contribution is 2.35. The molecular formula is C13H24N2. The molecule has 0 aromatic heterocycles. The summed E-state index contributed by atoms with van der Waals surface area (Å²) in [6.07, 6.45) is 11.7. The van der Waals surface area contributed by atoms with Crippen LogP contribution in [0.1, 0.15) is 32.1 Å². The fourth-order valence-electron chi connectivity index (χ4n) is 3.16. The number of rotatable bonds is 3. The van der Waals surface area contributed by atoms with Crippen LogP contribution in [-0.2, 0) is 0 Å². The Balaban J connectivity index is 1.78. The van der Waals surface area contributed by atoms with Crippen LogP contribution in [0.25, 0.3) is 0 Å². The third-order valence-electron chi connectivity index (χ3n) is 4.04. The molecule has 2 fully saturated rings. The van der Waals surface area contributed by atoms with Crippen molar-refractivity contribution in [3.63, 3.8) is 0 Å². The van der Waals surface area contributed by atoms with Crippen molar-refractivity contribution >= 4 is 0 Å². The quantitative estimate of drug-likeness (QED) is 0.719. The molecule has 2 N–H and O–H groups in total. The minimum atomic E-state index is 0.680. The summed E-state index contributed by atoms with van der Waals surface area (Å²) in [7, 11) is 0. The van der Waals surface area contributed by atoms with E-state index < -0.39 is 0 Å². The molecule has 2 aliphatic rings. The summed E-state index contributed by atoms with van der Waals surface area (Å²) in [6.45, 7) is 4.43. The summed E-state index contributed by atoms with van der Waals surface area (Å²) in [6, 6.07) is 0. The smallest absolute Gasteiger partial charge is 0.0163 e. The van der Waals surface area contributed by atoms with Crippen molar-refractivity contribution in [1.82, 2.24) is 4.90 Å². The predicted octanol–water partition coefficient (Wildman–Crippen LogP) is 2.01. The topological polar surface area (TPSA) is 29.3 Å². The Bertz CT molecular complexity index is 213. The molecule has 86 valence electrons. The molecule has 2 rings (SSSR count). The van der Waals surface area contributed by atoms with Gasteiger partial charge in [0.2, 0.25) is 0 Å². The number of hydrogen-bond acceptors (Lipinski definition) is 2. The molecule has 1 saturated heterocycles. The van der Waals surface area contributed by atoms with Gasteiger partial charge in [-0.05, 0) is 31.2 Å². The predicted molar refractivity (Wildman–Crippen MR) is 64.7 cm³/mol. The van der Waals surface area contributed by atoms with Gasteiger partial charge in [-0.1, -0.05) is 31.4 Å². The molecule has 1 aliphatic carbocycles. The third-order valence-corrected chi connectivity index (χ3v) is 4.04. The molecular weight excluding hydrogens is 184 g/mol. The summed E-state index contributed by atoms with van der Waals surface area (Å²) in [4.78, 5) is 2.60. The Kier molecular flexibility index (Phi) is 4.21. The Hall–Kier alpha value is -0.340. The van der Waals surface area contributed by atoms with Crippen molar-refractivity contribution in [3.05, 3.63) is 12.2 Å². The minimum Gasteiger partial charge on any atom is -0.327 e. The standard InChI is InChI=1S/C13H24N2/c14-8-3-4-9-15-10-7-12-5-1-2-6-13(12)11-15/h3-4,12-13H,1-2,5-11,14H2. The van der Waals surface area contributed by atoms with Crippen LogP contribution in [0, 0.1) is 11.8 Å². The van der Waals surface area contributed by atoms with Gasteiger partial charge in [0.15, 0.2) is 0 Å². The number of hydrogen-bond donors (Lipinski definition) is 1. The van der Waals surface area contributed by atoms with Gasteiger partial charge in [0.1, 0.15) is 0 Å². The molecule has 1 saturated carbocycles. The van der Waals surface area contributed by atoms with E-state index in [0.29, 0.717) is 6.54 Å². The first-order valence-corrected chi connectivity index (χ1v) is 6.47. The van der Waals surface area contributed by atoms with Gasteiger partial charge in [0.05, 0.1) is 0 Å². The molecule has 2 unspecified atom stereocenters. The van der Waals surface area contributed by atoms with Crippen LogP contribution in [-0.4, -0.2) is 31.1 Å². The highest BCUT2D eigenvalue weighted by atomic mass is 15.1. The van der Waals surface area contributed by atoms with Crippen molar-refractivity contribution in [2.75, 3.05) is 26.2 Å². The first-order valence-electron chi connectivity index (χ1n) is 6.47. The van der Waals surface area contributed by atoms with Gasteiger partial charge in [-0.2, -0.15) is 0 Å². The lowest BCUT2D eigenvalue weighted by Gasteiger charge is -2.41. The van der Waals surface area contributed by atoms with E-state index in [9.17, 15) is 0 Å². The maximum Gasteiger partial charge on any atom is 0.0163 e. The third kappa shape index (κ3) is 3.05. The highest BCUT2D eigenvalue weighted by molar-refractivity contribution is 4.89. The van der Waals surface area contributed by atoms with Crippen LogP contribution in [0.3, 0.4) is 0 Å². The molecule has 2 heteroatoms. The van der Waals surface area contributed by atoms with Gasteiger partial charge in [-0.3, -0.25) is 4.90 Å². The first-order chi connectivity index (χ1) is 7.40. The summed E-state index contributed by atoms with van der Waals surface area (Å²) >= 11 is 0. The largest absolute Gasteiger partial charge is 0.327 e. The molecule has 2 atom stereocenters. The van der Waals surface area contributed by atoms with Crippen molar-refractivity contribution in [2.45, 2.75) is 32.1 Å². The lowest BCUT2D eigenvalue weighted by molar-refractivity contribution is 0.0951. The zero-order valence-electron chi connectivity index (χ0n) is 9.70. The Labute approximate surface area is 93.5 Å². The molecule has 0 aromatic rings. The molecule has 0 spiro atoms. The fourth-order valence-corrected chi connectivity index (χ4v) is 3.16. The van der Waals surface area contributed by atoms with E-state index in [1.807, 2.05) is 0 Å². The second-order valence-electron chi connectivity index (χ2n) is 5.06. The van der Waals surface area contributed by atoms with E-state index >= 15 is 0 Å². The van der Waals surface area contributed by atoms with Gasteiger partial charge in [0.25, 0.3) is 0 Å². The summed E-state index contributed by atoms with van der Waals surface area (Å²) in [5.74, 6) is 2.05. The Morgan fingerprint density at radius 3 is 2.67 bits per heavy atom. The monoisotopic (exact) mass is 208 g/mol. The molecule has 1 heterocycles. The summed E-state index contributed by atoms with van der Waals surface area (Å²) in [5, 5.41) is 0. The van der Waals surface area contributed by atoms with E-state index in [1.54, 1.807) is 0 Å². The molecule has 0 aromatic carbocycles. The number of likely N-dealkylation sites (tertiary alicyclic amines) is 1. The molecule has 0 radical (unpaired) electrons. The van der Waals surface area contributed by atoms with Crippen LogP contribution in [0.4, 0.5) is 0 Å². The summed E-state index contributed by atoms with van der Waals surface area (Å²) in [5.41, 5.74) is 5.44. The second-order valence-corrected chi connectivity index (χ2v) is 5.06. The molecule has 1 aliphatic heterocycles. The lowest BCUT2D eigenvalue weighted by Crippen LogP contribution is -2.41. The summed E-state index contributed by atoms with van der Waals surface area (Å²) < 4.78 is 0. The van der Waals surface area contributed by atoms with E-state index in [2.05, 4.69) is 17.1 Å². The van der Waals surface area contributed by atoms with Gasteiger partial charge in [-0.25, -0.2) is 0 Å². The van der Waals surface area contributed by atoms with Crippen molar-refractivity contribution in [3.8, 4) is 0 Å². The maximum atomic E-state index is 5.44. The number of piperidine rings is 1. The van der Waals surface area contributed by atoms with E-state index in [-0.39, 0.29) is 0 Å². The van der Waals surface area contributed by atoms with Gasteiger partial charge < -0.3 is 5.73 Å². The first kappa shape index (κ1) is 11.2. The average Bonchev–Trinajstić information content (AvgIpc) is 2.29. The van der Waals surface area contributed by atoms with E-state index in [4.69, 9.17) is 5.73 Å². The Morgan fingerprint density at radius 1 is 1.07 bits per heavy atom. The van der Waals surface area contributed by atoms with Gasteiger partial charge in [-0.15, -0.1) is 0 Å². The maximum absolute atomic E-state index is 5.44. The van der Waals surface area contributed by atoms with Gasteiger partial charge in [0, 0.05) is 19.6 Å². The van der Waals surface area contributed by atoms with Crippen LogP contribution in [0.2, 0.25) is 0 Å². The average molecular weight is 208 g/mol. The van der Waals surface area contributed by atoms with Crippen LogP contribution < -0.4 is 5.73 Å². The SMILES string of the molecule is NCC=CCN1CCC2CCCCC2C1. The number of fused-ring (bicyclic) bond motifs is 1. The zero-order chi connectivity index (χ0) is 10.5. The molecule has 2 nitrogen and oxygen atoms in total. The van der Waals surface area contributed by atoms with Crippen LogP contribution in [0.5, 0.6) is 0 Å². The van der Waals surface area contributed by atoms with Crippen molar-refractivity contribution in [1.29, 1.82) is 0 Å². The Morgan fingerprint density at radius 2 is 1.87 bits per heavy atom. The lowest BCUT2D eigenvalue weighted by atomic mass is 9.75. The minimum absolute atomic E-state index is 0.680. The van der Waals surface area contributed by atoms with E-state index in [0.717, 1.165) is 18.4 Å². The van der Waals surface area contributed by atoms with Crippen LogP contribution >= 0.6 is 0 Å². The number of nitrogens with zero attached hydrogens (tertiary/aromatic N) is 1. The van der Waals surface area contributed by atoms with Crippen molar-refractivity contribution < 1.29 is 0 Å². The fraction of sp³-hybridized carbons (Fsp3) is 0.846. The zero-order valence-corrected chi connectivity index (χ0v) is 9.70. The number of nitrogens with two attached hydrogens (primary N) is 1. The molecule has 0 amide bonds. The van der Waals surface area contributed by atoms with Gasteiger partial charge >= 0.3 is 0 Å². The highest BCUT2D eigenvalue weighted by Gasteiger charge is 2.30. The van der Waals surface area contributed by atoms with Crippen molar-refractivity contribution in [2.24, 2.45) is 17.6 Å². The molecule has 15 heavy (non-hydrogen) atoms. The molecule has 0 bridgehead atoms. The van der Waals surface area contributed by atoms with Crippen LogP contribution in [0.15, 0.2) is 12.2 Å². The normalized spacial score (nSPS) is 33.1. The second kappa shape index (κ2) is 5.66.